The van der Waals surface area contributed by atoms with Crippen molar-refractivity contribution in [1.82, 2.24) is 15.2 Å². The number of anilines is 1. The normalized spacial score (nSPS) is 22.7. The highest BCUT2D eigenvalue weighted by Gasteiger charge is 2.33. The van der Waals surface area contributed by atoms with Crippen LogP contribution in [0.3, 0.4) is 0 Å². The number of rotatable bonds is 7. The summed E-state index contributed by atoms with van der Waals surface area (Å²) in [6.45, 7) is 5.15. The zero-order chi connectivity index (χ0) is 21.9. The first-order chi connectivity index (χ1) is 15.7. The number of aliphatic hydroxyl groups is 1. The zero-order valence-corrected chi connectivity index (χ0v) is 18.9. The maximum Gasteiger partial charge on any atom is 0.225 e. The lowest BCUT2D eigenvalue weighted by Crippen LogP contribution is -2.48. The number of aromatic nitrogens is 1. The van der Waals surface area contributed by atoms with E-state index in [9.17, 15) is 9.90 Å². The van der Waals surface area contributed by atoms with Gasteiger partial charge in [-0.3, -0.25) is 4.79 Å². The molecule has 2 fully saturated rings. The van der Waals surface area contributed by atoms with Crippen molar-refractivity contribution in [3.63, 3.8) is 0 Å². The van der Waals surface area contributed by atoms with Crippen molar-refractivity contribution in [2.24, 2.45) is 5.92 Å². The number of nitrogens with one attached hydrogen (secondary N) is 1. The molecule has 9 heteroatoms. The van der Waals surface area contributed by atoms with Gasteiger partial charge in [-0.05, 0) is 50.0 Å². The largest absolute Gasteiger partial charge is 0.486 e. The van der Waals surface area contributed by atoms with Gasteiger partial charge in [-0.2, -0.15) is 0 Å². The first-order valence-corrected chi connectivity index (χ1v) is 12.3. The molecule has 8 nitrogen and oxygen atoms in total. The Kier molecular flexibility index (Phi) is 6.47. The Balaban J connectivity index is 1.29. The third-order valence-electron chi connectivity index (χ3n) is 6.52. The SMILES string of the molecule is O=C(NC(CN1CCCC1)C(O)c1ccc2c(c1)OCCO2)[C@H]1CCN(c2nccs2)C1. The van der Waals surface area contributed by atoms with Crippen molar-refractivity contribution in [1.29, 1.82) is 0 Å². The van der Waals surface area contributed by atoms with E-state index in [1.165, 1.54) is 0 Å². The Hall–Kier alpha value is -2.36. The molecule has 1 amide bonds. The number of benzene rings is 1. The second-order valence-corrected chi connectivity index (χ2v) is 9.59. The van der Waals surface area contributed by atoms with E-state index in [-0.39, 0.29) is 11.8 Å². The average molecular weight is 459 g/mol. The van der Waals surface area contributed by atoms with Gasteiger partial charge in [0.05, 0.1) is 12.0 Å². The summed E-state index contributed by atoms with van der Waals surface area (Å²) in [5, 5.41) is 17.4. The van der Waals surface area contributed by atoms with Gasteiger partial charge in [-0.25, -0.2) is 4.98 Å². The van der Waals surface area contributed by atoms with Gasteiger partial charge in [-0.1, -0.05) is 6.07 Å². The average Bonchev–Trinajstić information content (AvgIpc) is 3.60. The molecule has 3 aliphatic heterocycles. The highest BCUT2D eigenvalue weighted by Crippen LogP contribution is 2.34. The number of fused-ring (bicyclic) bond motifs is 1. The highest BCUT2D eigenvalue weighted by atomic mass is 32.1. The zero-order valence-electron chi connectivity index (χ0n) is 18.1. The summed E-state index contributed by atoms with van der Waals surface area (Å²) in [7, 11) is 0. The summed E-state index contributed by atoms with van der Waals surface area (Å²) in [6, 6.07) is 5.14. The minimum Gasteiger partial charge on any atom is -0.486 e. The summed E-state index contributed by atoms with van der Waals surface area (Å²) in [6.07, 6.45) is 4.08. The van der Waals surface area contributed by atoms with E-state index in [1.807, 2.05) is 23.6 Å². The van der Waals surface area contributed by atoms with E-state index in [0.29, 0.717) is 37.8 Å². The van der Waals surface area contributed by atoms with Gasteiger partial charge >= 0.3 is 0 Å². The van der Waals surface area contributed by atoms with E-state index in [0.717, 1.165) is 49.6 Å². The monoisotopic (exact) mass is 458 g/mol. The molecule has 2 aromatic rings. The summed E-state index contributed by atoms with van der Waals surface area (Å²) >= 11 is 1.60. The Labute approximate surface area is 192 Å². The number of hydrogen-bond acceptors (Lipinski definition) is 8. The van der Waals surface area contributed by atoms with Crippen LogP contribution in [0.25, 0.3) is 0 Å². The van der Waals surface area contributed by atoms with Crippen molar-refractivity contribution < 1.29 is 19.4 Å². The number of amides is 1. The molecule has 0 saturated carbocycles. The first-order valence-electron chi connectivity index (χ1n) is 11.4. The lowest BCUT2D eigenvalue weighted by atomic mass is 9.99. The van der Waals surface area contributed by atoms with Crippen LogP contribution in [-0.2, 0) is 4.79 Å². The van der Waals surface area contributed by atoms with Gasteiger partial charge in [0.15, 0.2) is 16.6 Å². The lowest BCUT2D eigenvalue weighted by molar-refractivity contribution is -0.126. The second kappa shape index (κ2) is 9.64. The molecule has 1 aromatic heterocycles. The predicted octanol–water partition coefficient (Wildman–Crippen LogP) is 2.05. The van der Waals surface area contributed by atoms with Crippen LogP contribution < -0.4 is 19.7 Å². The van der Waals surface area contributed by atoms with E-state index < -0.39 is 12.1 Å². The molecule has 0 aliphatic carbocycles. The molecule has 0 bridgehead atoms. The molecule has 172 valence electrons. The van der Waals surface area contributed by atoms with Gasteiger partial charge in [0.2, 0.25) is 5.91 Å². The fourth-order valence-electron chi connectivity index (χ4n) is 4.76. The van der Waals surface area contributed by atoms with Crippen LogP contribution in [0.5, 0.6) is 11.5 Å². The fourth-order valence-corrected chi connectivity index (χ4v) is 5.44. The number of likely N-dealkylation sites (tertiary alicyclic amines) is 1. The quantitative estimate of drug-likeness (QED) is 0.657. The van der Waals surface area contributed by atoms with E-state index in [1.54, 1.807) is 17.5 Å². The molecule has 2 saturated heterocycles. The number of carbonyl (C=O) groups is 1. The van der Waals surface area contributed by atoms with Gasteiger partial charge in [-0.15, -0.1) is 11.3 Å². The molecule has 1 aromatic carbocycles. The lowest BCUT2D eigenvalue weighted by Gasteiger charge is -2.30. The number of hydrogen-bond donors (Lipinski definition) is 2. The molecular formula is C23H30N4O4S. The maximum atomic E-state index is 13.2. The van der Waals surface area contributed by atoms with Crippen LogP contribution in [0.1, 0.15) is 30.9 Å². The van der Waals surface area contributed by atoms with Crippen LogP contribution in [0.4, 0.5) is 5.13 Å². The smallest absolute Gasteiger partial charge is 0.225 e. The fraction of sp³-hybridized carbons (Fsp3) is 0.565. The Morgan fingerprint density at radius 1 is 1.22 bits per heavy atom. The van der Waals surface area contributed by atoms with E-state index >= 15 is 0 Å². The van der Waals surface area contributed by atoms with E-state index in [4.69, 9.17) is 9.47 Å². The minimum atomic E-state index is -0.827. The minimum absolute atomic E-state index is 0.00449. The molecule has 2 N–H and O–H groups in total. The van der Waals surface area contributed by atoms with Crippen LogP contribution in [0, 0.1) is 5.92 Å². The standard InChI is InChI=1S/C23H30N4O4S/c28-21(16-3-4-19-20(13-16)31-11-10-30-19)18(15-26-7-1-2-8-26)25-22(29)17-5-9-27(14-17)23-24-6-12-32-23/h3-4,6,12-13,17-18,21,28H,1-2,5,7-11,14-15H2,(H,25,29)/t17-,18?,21?/m0/s1. The van der Waals surface area contributed by atoms with Crippen molar-refractivity contribution in [2.45, 2.75) is 31.4 Å². The number of aliphatic hydroxyl groups excluding tert-OH is 1. The van der Waals surface area contributed by atoms with Crippen LogP contribution in [-0.4, -0.2) is 72.9 Å². The molecular weight excluding hydrogens is 428 g/mol. The highest BCUT2D eigenvalue weighted by molar-refractivity contribution is 7.13. The number of nitrogens with zero attached hydrogens (tertiary/aromatic N) is 3. The third-order valence-corrected chi connectivity index (χ3v) is 7.35. The Bertz CT molecular complexity index is 919. The Morgan fingerprint density at radius 2 is 2.03 bits per heavy atom. The molecule has 32 heavy (non-hydrogen) atoms. The Morgan fingerprint density at radius 3 is 2.81 bits per heavy atom. The number of thiazole rings is 1. The second-order valence-electron chi connectivity index (χ2n) is 8.72. The third kappa shape index (κ3) is 4.69. The molecule has 3 atom stereocenters. The topological polar surface area (TPSA) is 87.2 Å². The first kappa shape index (κ1) is 21.5. The molecule has 5 rings (SSSR count). The summed E-state index contributed by atoms with van der Waals surface area (Å²) < 4.78 is 11.3. The van der Waals surface area contributed by atoms with Crippen LogP contribution >= 0.6 is 11.3 Å². The van der Waals surface area contributed by atoms with Crippen molar-refractivity contribution in [3.8, 4) is 11.5 Å². The molecule has 2 unspecified atom stereocenters. The van der Waals surface area contributed by atoms with Gasteiger partial charge < -0.3 is 29.7 Å². The molecule has 3 aliphatic rings. The summed E-state index contributed by atoms with van der Waals surface area (Å²) in [5.74, 6) is 1.24. The van der Waals surface area contributed by atoms with Gasteiger partial charge in [0.1, 0.15) is 19.3 Å². The van der Waals surface area contributed by atoms with Gasteiger partial charge in [0, 0.05) is 31.2 Å². The van der Waals surface area contributed by atoms with Crippen molar-refractivity contribution in [2.75, 3.05) is 50.8 Å². The molecule has 0 spiro atoms. The van der Waals surface area contributed by atoms with Crippen LogP contribution in [0.2, 0.25) is 0 Å². The molecule has 4 heterocycles. The van der Waals surface area contributed by atoms with Crippen molar-refractivity contribution in [3.05, 3.63) is 35.3 Å². The van der Waals surface area contributed by atoms with Crippen LogP contribution in [0.15, 0.2) is 29.8 Å². The summed E-state index contributed by atoms with van der Waals surface area (Å²) in [5.41, 5.74) is 0.731. The predicted molar refractivity (Wildman–Crippen MR) is 122 cm³/mol. The molecule has 0 radical (unpaired) electrons. The number of carbonyl (C=O) groups excluding carboxylic acids is 1. The number of ether oxygens (including phenoxy) is 2. The maximum absolute atomic E-state index is 13.2. The van der Waals surface area contributed by atoms with Gasteiger partial charge in [0.25, 0.3) is 0 Å². The summed E-state index contributed by atoms with van der Waals surface area (Å²) in [4.78, 5) is 22.0. The van der Waals surface area contributed by atoms with Crippen molar-refractivity contribution >= 4 is 22.4 Å². The van der Waals surface area contributed by atoms with E-state index in [2.05, 4.69) is 20.1 Å².